The molecule has 2 unspecified atom stereocenters. The number of nitrogens with zero attached hydrogens (tertiary/aromatic N) is 1. The van der Waals surface area contributed by atoms with Crippen LogP contribution < -0.4 is 4.90 Å². The quantitative estimate of drug-likeness (QED) is 0.865. The smallest absolute Gasteiger partial charge is 0.414 e. The van der Waals surface area contributed by atoms with Gasteiger partial charge >= 0.3 is 12.1 Å². The van der Waals surface area contributed by atoms with Crippen molar-refractivity contribution in [1.29, 1.82) is 0 Å². The summed E-state index contributed by atoms with van der Waals surface area (Å²) in [5.41, 5.74) is 1.49. The van der Waals surface area contributed by atoms with Crippen LogP contribution in [0, 0.1) is 5.92 Å². The first kappa shape index (κ1) is 14.8. The van der Waals surface area contributed by atoms with Gasteiger partial charge in [-0.05, 0) is 18.1 Å². The number of carboxylic acid groups (broad SMARTS) is 1. The van der Waals surface area contributed by atoms with Crippen LogP contribution in [-0.2, 0) is 9.53 Å². The fourth-order valence-electron chi connectivity index (χ4n) is 2.50. The molecule has 1 heterocycles. The monoisotopic (exact) mass is 287 g/mol. The number of aliphatic carboxylic acids is 1. The fourth-order valence-corrected chi connectivity index (χ4v) is 2.50. The van der Waals surface area contributed by atoms with E-state index in [9.17, 15) is 14.7 Å². The lowest BCUT2D eigenvalue weighted by atomic mass is 9.90. The van der Waals surface area contributed by atoms with Crippen LogP contribution in [0.5, 0.6) is 0 Å². The molecule has 2 atom stereocenters. The third-order valence-corrected chi connectivity index (χ3v) is 3.49. The van der Waals surface area contributed by atoms with Gasteiger partial charge in [-0.15, -0.1) is 6.58 Å². The Morgan fingerprint density at radius 3 is 2.81 bits per heavy atom. The highest BCUT2D eigenvalue weighted by atomic mass is 16.5. The molecule has 1 aliphatic rings. The summed E-state index contributed by atoms with van der Waals surface area (Å²) in [4.78, 5) is 25.0. The van der Waals surface area contributed by atoms with E-state index in [-0.39, 0.29) is 6.42 Å². The van der Waals surface area contributed by atoms with Gasteiger partial charge in [-0.1, -0.05) is 36.4 Å². The largest absolute Gasteiger partial charge is 0.481 e. The first-order valence-corrected chi connectivity index (χ1v) is 6.58. The van der Waals surface area contributed by atoms with Crippen molar-refractivity contribution >= 4 is 23.8 Å². The molecule has 5 nitrogen and oxygen atoms in total. The minimum Gasteiger partial charge on any atom is -0.481 e. The molecule has 0 saturated carbocycles. The predicted octanol–water partition coefficient (Wildman–Crippen LogP) is 2.93. The molecule has 0 bridgehead atoms. The van der Waals surface area contributed by atoms with Crippen LogP contribution in [0.2, 0.25) is 0 Å². The van der Waals surface area contributed by atoms with Crippen molar-refractivity contribution in [3.63, 3.8) is 0 Å². The molecular formula is C16H17NO4. The highest BCUT2D eigenvalue weighted by molar-refractivity contribution is 5.94. The summed E-state index contributed by atoms with van der Waals surface area (Å²) in [7, 11) is 1.28. The molecule has 1 amide bonds. The highest BCUT2D eigenvalue weighted by Crippen LogP contribution is 2.33. The molecule has 0 saturated heterocycles. The van der Waals surface area contributed by atoms with Crippen LogP contribution in [0.3, 0.4) is 0 Å². The number of rotatable bonds is 4. The third kappa shape index (κ3) is 2.81. The van der Waals surface area contributed by atoms with Gasteiger partial charge < -0.3 is 9.84 Å². The molecule has 0 radical (unpaired) electrons. The van der Waals surface area contributed by atoms with E-state index in [1.54, 1.807) is 24.3 Å². The average molecular weight is 287 g/mol. The Balaban J connectivity index is 2.48. The summed E-state index contributed by atoms with van der Waals surface area (Å²) in [6.07, 6.45) is 4.79. The van der Waals surface area contributed by atoms with Gasteiger partial charge in [0, 0.05) is 0 Å². The second-order valence-electron chi connectivity index (χ2n) is 4.72. The summed E-state index contributed by atoms with van der Waals surface area (Å²) < 4.78 is 4.82. The van der Waals surface area contributed by atoms with E-state index in [2.05, 4.69) is 6.58 Å². The van der Waals surface area contributed by atoms with Crippen molar-refractivity contribution in [2.24, 2.45) is 5.92 Å². The van der Waals surface area contributed by atoms with Crippen molar-refractivity contribution in [3.05, 3.63) is 48.6 Å². The van der Waals surface area contributed by atoms with Crippen molar-refractivity contribution in [2.45, 2.75) is 12.5 Å². The number of ether oxygens (including phenoxy) is 1. The van der Waals surface area contributed by atoms with Crippen molar-refractivity contribution in [3.8, 4) is 0 Å². The Morgan fingerprint density at radius 2 is 2.19 bits per heavy atom. The minimum atomic E-state index is -0.974. The normalized spacial score (nSPS) is 17.8. The molecule has 0 fully saturated rings. The number of carbonyl (C=O) groups is 2. The SMILES string of the molecule is C=CCC(C(=O)O)C1C=Cc2ccccc2N1C(=O)OC. The second kappa shape index (κ2) is 6.26. The molecule has 0 spiro atoms. The van der Waals surface area contributed by atoms with Crippen LogP contribution in [0.4, 0.5) is 10.5 Å². The molecule has 0 aromatic heterocycles. The van der Waals surface area contributed by atoms with Crippen LogP contribution in [0.15, 0.2) is 43.0 Å². The Morgan fingerprint density at radius 1 is 1.48 bits per heavy atom. The first-order chi connectivity index (χ1) is 10.1. The van der Waals surface area contributed by atoms with Crippen molar-refractivity contribution in [1.82, 2.24) is 0 Å². The van der Waals surface area contributed by atoms with E-state index >= 15 is 0 Å². The Labute approximate surface area is 123 Å². The van der Waals surface area contributed by atoms with E-state index in [0.29, 0.717) is 5.69 Å². The van der Waals surface area contributed by atoms with E-state index in [1.165, 1.54) is 12.0 Å². The van der Waals surface area contributed by atoms with Gasteiger partial charge in [-0.2, -0.15) is 0 Å². The van der Waals surface area contributed by atoms with E-state index < -0.39 is 24.0 Å². The van der Waals surface area contributed by atoms with Crippen molar-refractivity contribution < 1.29 is 19.4 Å². The zero-order valence-electron chi connectivity index (χ0n) is 11.7. The topological polar surface area (TPSA) is 66.8 Å². The maximum Gasteiger partial charge on any atom is 0.414 e. The maximum absolute atomic E-state index is 12.1. The van der Waals surface area contributed by atoms with Gasteiger partial charge in [-0.3, -0.25) is 9.69 Å². The van der Waals surface area contributed by atoms with Crippen molar-refractivity contribution in [2.75, 3.05) is 12.0 Å². The maximum atomic E-state index is 12.1. The molecule has 21 heavy (non-hydrogen) atoms. The number of para-hydroxylation sites is 1. The second-order valence-corrected chi connectivity index (χ2v) is 4.72. The number of carboxylic acids is 1. The standard InChI is InChI=1S/C16H17NO4/c1-3-6-12(15(18)19)14-10-9-11-7-4-5-8-13(11)17(14)16(20)21-2/h3-5,7-10,12,14H,1,6H2,2H3,(H,18,19). The number of anilines is 1. The lowest BCUT2D eigenvalue weighted by Crippen LogP contribution is -2.47. The van der Waals surface area contributed by atoms with Gasteiger partial charge in [0.2, 0.25) is 0 Å². The lowest BCUT2D eigenvalue weighted by molar-refractivity contribution is -0.141. The number of benzene rings is 1. The lowest BCUT2D eigenvalue weighted by Gasteiger charge is -2.35. The predicted molar refractivity (Wildman–Crippen MR) is 80.1 cm³/mol. The zero-order chi connectivity index (χ0) is 15.4. The molecule has 1 aromatic carbocycles. The minimum absolute atomic E-state index is 0.264. The van der Waals surface area contributed by atoms with E-state index in [1.807, 2.05) is 18.2 Å². The molecule has 1 N–H and O–H groups in total. The van der Waals surface area contributed by atoms with Gasteiger partial charge in [0.15, 0.2) is 0 Å². The fraction of sp³-hybridized carbons (Fsp3) is 0.250. The van der Waals surface area contributed by atoms with Crippen LogP contribution in [0.25, 0.3) is 6.08 Å². The summed E-state index contributed by atoms with van der Waals surface area (Å²) in [6, 6.07) is 6.69. The molecule has 110 valence electrons. The number of hydrogen-bond acceptors (Lipinski definition) is 3. The first-order valence-electron chi connectivity index (χ1n) is 6.58. The summed E-state index contributed by atoms with van der Waals surface area (Å²) >= 11 is 0. The molecule has 2 rings (SSSR count). The van der Waals surface area contributed by atoms with Gasteiger partial charge in [-0.25, -0.2) is 4.79 Å². The Kier molecular flexibility index (Phi) is 4.42. The average Bonchev–Trinajstić information content (AvgIpc) is 2.50. The van der Waals surface area contributed by atoms with E-state index in [0.717, 1.165) is 5.56 Å². The molecule has 5 heteroatoms. The summed E-state index contributed by atoms with van der Waals surface area (Å²) in [6.45, 7) is 3.59. The number of fused-ring (bicyclic) bond motifs is 1. The molecule has 0 aliphatic carbocycles. The van der Waals surface area contributed by atoms with E-state index in [4.69, 9.17) is 4.74 Å². The summed E-state index contributed by atoms with van der Waals surface area (Å²) in [5, 5.41) is 9.42. The number of allylic oxidation sites excluding steroid dienone is 1. The molecule has 1 aromatic rings. The van der Waals surface area contributed by atoms with Gasteiger partial charge in [0.05, 0.1) is 24.8 Å². The third-order valence-electron chi connectivity index (χ3n) is 3.49. The number of amides is 1. The van der Waals surface area contributed by atoms with Gasteiger partial charge in [0.25, 0.3) is 0 Å². The zero-order valence-corrected chi connectivity index (χ0v) is 11.7. The van der Waals surface area contributed by atoms with Crippen LogP contribution in [-0.4, -0.2) is 30.3 Å². The molecular weight excluding hydrogens is 270 g/mol. The Bertz CT molecular complexity index is 594. The Hall–Kier alpha value is -2.56. The van der Waals surface area contributed by atoms with Gasteiger partial charge in [0.1, 0.15) is 0 Å². The van der Waals surface area contributed by atoms with Crippen LogP contribution >= 0.6 is 0 Å². The number of carbonyl (C=O) groups excluding carboxylic acids is 1. The summed E-state index contributed by atoms with van der Waals surface area (Å²) in [5.74, 6) is -1.75. The highest BCUT2D eigenvalue weighted by Gasteiger charge is 2.37. The van der Waals surface area contributed by atoms with Crippen LogP contribution in [0.1, 0.15) is 12.0 Å². The number of hydrogen-bond donors (Lipinski definition) is 1. The molecule has 1 aliphatic heterocycles. The number of methoxy groups -OCH3 is 1.